The van der Waals surface area contributed by atoms with Crippen molar-refractivity contribution in [3.63, 3.8) is 0 Å². The highest BCUT2D eigenvalue weighted by Gasteiger charge is 2.35. The molecule has 0 aromatic carbocycles. The maximum atomic E-state index is 4.97. The summed E-state index contributed by atoms with van der Waals surface area (Å²) in [4.78, 5) is 9.64. The molecule has 11 heavy (non-hydrogen) atoms. The average molecular weight is 158 g/mol. The first-order valence-corrected chi connectivity index (χ1v) is 3.73. The third-order valence-electron chi connectivity index (χ3n) is 1.97. The molecule has 1 unspecified atom stereocenters. The molecule has 0 saturated carbocycles. The van der Waals surface area contributed by atoms with Gasteiger partial charge in [0.1, 0.15) is 6.61 Å². The molecule has 1 fully saturated rings. The zero-order valence-electron chi connectivity index (χ0n) is 6.12. The average Bonchev–Trinajstić information content (AvgIpc) is 2.07. The fraction of sp³-hybridized carbons (Fsp3) is 0.714. The van der Waals surface area contributed by atoms with E-state index >= 15 is 0 Å². The number of allylic oxidation sites excluding steroid dienone is 1. The summed E-state index contributed by atoms with van der Waals surface area (Å²) in [6, 6.07) is 0. The Bertz CT molecular complexity index is 160. The zero-order valence-corrected chi connectivity index (χ0v) is 6.12. The molecule has 0 aromatic rings. The van der Waals surface area contributed by atoms with Gasteiger partial charge in [-0.3, -0.25) is 0 Å². The molecule has 1 atom stereocenters. The maximum absolute atomic E-state index is 4.97. The molecule has 62 valence electrons. The first-order chi connectivity index (χ1) is 5.41. The SMILES string of the molecule is C1=CC2(CCC1)COOOO2. The molecule has 4 nitrogen and oxygen atoms in total. The minimum absolute atomic E-state index is 0.392. The van der Waals surface area contributed by atoms with Crippen LogP contribution in [0, 0.1) is 0 Å². The largest absolute Gasteiger partial charge is 0.200 e. The Labute approximate surface area is 64.5 Å². The van der Waals surface area contributed by atoms with Gasteiger partial charge < -0.3 is 0 Å². The van der Waals surface area contributed by atoms with Gasteiger partial charge in [0.25, 0.3) is 0 Å². The lowest BCUT2D eigenvalue weighted by Crippen LogP contribution is -2.40. The molecule has 0 amide bonds. The molecule has 1 spiro atoms. The normalized spacial score (nSPS) is 37.8. The van der Waals surface area contributed by atoms with Crippen LogP contribution in [0.5, 0.6) is 0 Å². The van der Waals surface area contributed by atoms with Gasteiger partial charge in [0.15, 0.2) is 5.60 Å². The van der Waals surface area contributed by atoms with E-state index in [0.717, 1.165) is 19.3 Å². The summed E-state index contributed by atoms with van der Waals surface area (Å²) in [5, 5.41) is 8.43. The Morgan fingerprint density at radius 2 is 2.27 bits per heavy atom. The Morgan fingerprint density at radius 3 is 2.91 bits per heavy atom. The van der Waals surface area contributed by atoms with Gasteiger partial charge in [-0.2, -0.15) is 4.89 Å². The van der Waals surface area contributed by atoms with Crippen molar-refractivity contribution in [3.8, 4) is 0 Å². The second-order valence-corrected chi connectivity index (χ2v) is 2.84. The third-order valence-corrected chi connectivity index (χ3v) is 1.97. The molecule has 0 bridgehead atoms. The Hall–Kier alpha value is -0.420. The van der Waals surface area contributed by atoms with Crippen LogP contribution in [0.15, 0.2) is 12.2 Å². The number of hydrogen-bond donors (Lipinski definition) is 0. The summed E-state index contributed by atoms with van der Waals surface area (Å²) in [5.41, 5.74) is -0.392. The molecule has 4 heteroatoms. The topological polar surface area (TPSA) is 36.9 Å². The summed E-state index contributed by atoms with van der Waals surface area (Å²) in [5.74, 6) is 0. The maximum Gasteiger partial charge on any atom is 0.151 e. The lowest BCUT2D eigenvalue weighted by Gasteiger charge is -2.32. The first kappa shape index (κ1) is 7.24. The molecular weight excluding hydrogens is 148 g/mol. The van der Waals surface area contributed by atoms with E-state index < -0.39 is 5.60 Å². The van der Waals surface area contributed by atoms with E-state index in [2.05, 4.69) is 21.0 Å². The molecule has 0 aromatic heterocycles. The van der Waals surface area contributed by atoms with Gasteiger partial charge >= 0.3 is 0 Å². The van der Waals surface area contributed by atoms with Gasteiger partial charge in [0.2, 0.25) is 0 Å². The Balaban J connectivity index is 2.06. The van der Waals surface area contributed by atoms with E-state index in [1.165, 1.54) is 0 Å². The van der Waals surface area contributed by atoms with E-state index in [0.29, 0.717) is 6.61 Å². The zero-order chi connectivity index (χ0) is 7.57. The minimum atomic E-state index is -0.392. The summed E-state index contributed by atoms with van der Waals surface area (Å²) >= 11 is 0. The van der Waals surface area contributed by atoms with Crippen LogP contribution in [-0.2, 0) is 19.9 Å². The van der Waals surface area contributed by atoms with Crippen molar-refractivity contribution >= 4 is 0 Å². The van der Waals surface area contributed by atoms with E-state index in [9.17, 15) is 0 Å². The monoisotopic (exact) mass is 158 g/mol. The van der Waals surface area contributed by atoms with Crippen LogP contribution < -0.4 is 0 Å². The van der Waals surface area contributed by atoms with Crippen molar-refractivity contribution in [2.75, 3.05) is 6.61 Å². The molecule has 0 radical (unpaired) electrons. The van der Waals surface area contributed by atoms with Gasteiger partial charge in [-0.15, -0.1) is 0 Å². The van der Waals surface area contributed by atoms with E-state index in [-0.39, 0.29) is 0 Å². The van der Waals surface area contributed by atoms with Crippen LogP contribution in [0.2, 0.25) is 0 Å². The molecule has 1 heterocycles. The first-order valence-electron chi connectivity index (χ1n) is 3.73. The van der Waals surface area contributed by atoms with Gasteiger partial charge in [-0.1, -0.05) is 12.2 Å². The number of hydrogen-bond acceptors (Lipinski definition) is 4. The lowest BCUT2D eigenvalue weighted by molar-refractivity contribution is -0.686. The van der Waals surface area contributed by atoms with Crippen molar-refractivity contribution in [2.45, 2.75) is 24.9 Å². The predicted octanol–water partition coefficient (Wildman–Crippen LogP) is 1.29. The highest BCUT2D eigenvalue weighted by molar-refractivity contribution is 5.05. The van der Waals surface area contributed by atoms with Crippen LogP contribution in [-0.4, -0.2) is 12.2 Å². The van der Waals surface area contributed by atoms with Crippen LogP contribution in [0.4, 0.5) is 0 Å². The van der Waals surface area contributed by atoms with Crippen molar-refractivity contribution in [1.29, 1.82) is 0 Å². The van der Waals surface area contributed by atoms with Crippen molar-refractivity contribution < 1.29 is 19.9 Å². The predicted molar refractivity (Wildman–Crippen MR) is 34.9 cm³/mol. The van der Waals surface area contributed by atoms with Gasteiger partial charge in [-0.05, 0) is 29.3 Å². The van der Waals surface area contributed by atoms with Gasteiger partial charge in [0, 0.05) is 0 Å². The van der Waals surface area contributed by atoms with Crippen LogP contribution >= 0.6 is 0 Å². The molecule has 2 aliphatic rings. The van der Waals surface area contributed by atoms with Crippen molar-refractivity contribution in [3.05, 3.63) is 12.2 Å². The molecule has 1 saturated heterocycles. The Morgan fingerprint density at radius 1 is 1.27 bits per heavy atom. The van der Waals surface area contributed by atoms with Gasteiger partial charge in [0.05, 0.1) is 0 Å². The number of rotatable bonds is 0. The molecule has 1 aliphatic carbocycles. The fourth-order valence-electron chi connectivity index (χ4n) is 1.34. The second kappa shape index (κ2) is 2.91. The van der Waals surface area contributed by atoms with Gasteiger partial charge in [-0.25, -0.2) is 4.89 Å². The highest BCUT2D eigenvalue weighted by atomic mass is 17.7. The van der Waals surface area contributed by atoms with Crippen LogP contribution in [0.25, 0.3) is 0 Å². The minimum Gasteiger partial charge on any atom is -0.200 e. The van der Waals surface area contributed by atoms with E-state index in [4.69, 9.17) is 4.89 Å². The quantitative estimate of drug-likeness (QED) is 0.393. The molecule has 0 N–H and O–H groups in total. The molecular formula is C7H10O4. The lowest BCUT2D eigenvalue weighted by atomic mass is 9.92. The molecule has 2 rings (SSSR count). The smallest absolute Gasteiger partial charge is 0.151 e. The summed E-state index contributed by atoms with van der Waals surface area (Å²) in [6.45, 7) is 0.406. The third kappa shape index (κ3) is 1.44. The second-order valence-electron chi connectivity index (χ2n) is 2.84. The Kier molecular flexibility index (Phi) is 1.91. The van der Waals surface area contributed by atoms with E-state index in [1.807, 2.05) is 6.08 Å². The standard InChI is InChI=1S/C7H10O4/c1-2-4-7(5-3-1)6-8-10-11-9-7/h2,4H,1,3,5-6H2. The summed E-state index contributed by atoms with van der Waals surface area (Å²) in [7, 11) is 0. The van der Waals surface area contributed by atoms with Crippen LogP contribution in [0.1, 0.15) is 19.3 Å². The summed E-state index contributed by atoms with van der Waals surface area (Å²) in [6.07, 6.45) is 7.17. The van der Waals surface area contributed by atoms with Crippen molar-refractivity contribution in [2.24, 2.45) is 0 Å². The highest BCUT2D eigenvalue weighted by Crippen LogP contribution is 2.29. The summed E-state index contributed by atoms with van der Waals surface area (Å²) < 4.78 is 0. The van der Waals surface area contributed by atoms with Crippen molar-refractivity contribution in [1.82, 2.24) is 0 Å². The van der Waals surface area contributed by atoms with Crippen LogP contribution in [0.3, 0.4) is 0 Å². The fourth-order valence-corrected chi connectivity index (χ4v) is 1.34. The van der Waals surface area contributed by atoms with E-state index in [1.54, 1.807) is 0 Å². The molecule has 1 aliphatic heterocycles.